The molecule has 4 heteroatoms. The van der Waals surface area contributed by atoms with E-state index in [2.05, 4.69) is 6.07 Å². The lowest BCUT2D eigenvalue weighted by molar-refractivity contribution is -0.127. The Morgan fingerprint density at radius 1 is 1.30 bits per heavy atom. The zero-order valence-corrected chi connectivity index (χ0v) is 13.3. The number of para-hydroxylation sites is 1. The summed E-state index contributed by atoms with van der Waals surface area (Å²) in [5.74, 6) is 0.664. The Bertz CT molecular complexity index is 706. The van der Waals surface area contributed by atoms with Crippen molar-refractivity contribution < 1.29 is 9.53 Å². The Morgan fingerprint density at radius 2 is 2.04 bits per heavy atom. The van der Waals surface area contributed by atoms with Crippen LogP contribution >= 0.6 is 0 Å². The van der Waals surface area contributed by atoms with Crippen LogP contribution in [0.4, 0.5) is 0 Å². The fraction of sp³-hybridized carbons (Fsp3) is 0.368. The largest absolute Gasteiger partial charge is 0.485 e. The monoisotopic (exact) mass is 308 g/mol. The minimum atomic E-state index is -0.178. The molecule has 1 amide bonds. The van der Waals surface area contributed by atoms with E-state index in [1.807, 2.05) is 37.3 Å². The Hall–Kier alpha value is -2.54. The average molecular weight is 308 g/mol. The first kappa shape index (κ1) is 15.4. The van der Waals surface area contributed by atoms with Gasteiger partial charge in [0.2, 0.25) is 0 Å². The van der Waals surface area contributed by atoms with Gasteiger partial charge in [-0.25, -0.2) is 0 Å². The number of nitriles is 1. The minimum absolute atomic E-state index is 0.167. The molecule has 3 rings (SSSR count). The van der Waals surface area contributed by atoms with Crippen LogP contribution in [0.15, 0.2) is 41.5 Å². The van der Waals surface area contributed by atoms with Crippen molar-refractivity contribution in [3.63, 3.8) is 0 Å². The molecule has 4 nitrogen and oxygen atoms in total. The zero-order valence-electron chi connectivity index (χ0n) is 13.3. The van der Waals surface area contributed by atoms with E-state index < -0.39 is 0 Å². The van der Waals surface area contributed by atoms with Crippen LogP contribution in [-0.2, 0) is 4.79 Å². The highest BCUT2D eigenvalue weighted by Crippen LogP contribution is 2.30. The van der Waals surface area contributed by atoms with Crippen LogP contribution < -0.4 is 4.74 Å². The van der Waals surface area contributed by atoms with E-state index in [4.69, 9.17) is 4.74 Å². The second-order valence-electron chi connectivity index (χ2n) is 5.96. The van der Waals surface area contributed by atoms with Crippen LogP contribution in [0.1, 0.15) is 31.7 Å². The number of ether oxygens (including phenoxy) is 1. The summed E-state index contributed by atoms with van der Waals surface area (Å²) < 4.78 is 5.87. The lowest BCUT2D eigenvalue weighted by atomic mass is 10.00. The molecule has 1 unspecified atom stereocenters. The third kappa shape index (κ3) is 3.29. The molecule has 0 aromatic heterocycles. The van der Waals surface area contributed by atoms with Crippen molar-refractivity contribution in [1.82, 2.24) is 4.90 Å². The van der Waals surface area contributed by atoms with E-state index in [1.165, 1.54) is 0 Å². The molecular formula is C19H20N2O2. The maximum atomic E-state index is 12.5. The number of benzene rings is 1. The lowest BCUT2D eigenvalue weighted by Gasteiger charge is -2.27. The Kier molecular flexibility index (Phi) is 4.47. The Labute approximate surface area is 136 Å². The molecule has 0 aliphatic carbocycles. The highest BCUT2D eigenvalue weighted by atomic mass is 16.5. The van der Waals surface area contributed by atoms with Crippen molar-refractivity contribution in [1.29, 1.82) is 5.26 Å². The third-order valence-electron chi connectivity index (χ3n) is 4.32. The number of carbonyl (C=O) groups excluding carboxylic acids is 1. The van der Waals surface area contributed by atoms with Gasteiger partial charge < -0.3 is 9.64 Å². The normalized spacial score (nSPS) is 20.9. The van der Waals surface area contributed by atoms with Gasteiger partial charge in [-0.15, -0.1) is 0 Å². The first-order valence-corrected chi connectivity index (χ1v) is 8.07. The van der Waals surface area contributed by atoms with Gasteiger partial charge in [0.15, 0.2) is 0 Å². The van der Waals surface area contributed by atoms with Gasteiger partial charge in [-0.2, -0.15) is 5.26 Å². The maximum Gasteiger partial charge on any atom is 0.264 e. The molecule has 0 spiro atoms. The number of rotatable bonds is 2. The SMILES string of the molecule is CC1Oc2ccccc2C=C1C=C(C#N)C(=O)N1CCCCC1. The van der Waals surface area contributed by atoms with Crippen molar-refractivity contribution >= 4 is 12.0 Å². The first-order chi connectivity index (χ1) is 11.2. The average Bonchev–Trinajstić information content (AvgIpc) is 2.60. The topological polar surface area (TPSA) is 53.3 Å². The van der Waals surface area contributed by atoms with E-state index in [-0.39, 0.29) is 17.6 Å². The smallest absolute Gasteiger partial charge is 0.264 e. The summed E-state index contributed by atoms with van der Waals surface area (Å²) in [6.45, 7) is 3.41. The van der Waals surface area contributed by atoms with E-state index in [9.17, 15) is 10.1 Å². The molecule has 1 saturated heterocycles. The van der Waals surface area contributed by atoms with Gasteiger partial charge in [0.1, 0.15) is 23.5 Å². The number of likely N-dealkylation sites (tertiary alicyclic amines) is 1. The standard InChI is InChI=1S/C19H20N2O2/c1-14-16(11-15-7-3-4-8-18(15)23-14)12-17(13-20)19(22)21-9-5-2-6-10-21/h3-4,7-8,11-12,14H,2,5-6,9-10H2,1H3. The summed E-state index contributed by atoms with van der Waals surface area (Å²) in [6, 6.07) is 9.83. The molecule has 1 atom stereocenters. The van der Waals surface area contributed by atoms with Gasteiger partial charge in [0, 0.05) is 18.7 Å². The van der Waals surface area contributed by atoms with E-state index in [0.717, 1.165) is 49.2 Å². The van der Waals surface area contributed by atoms with Crippen molar-refractivity contribution in [2.75, 3.05) is 13.1 Å². The molecule has 2 aliphatic heterocycles. The maximum absolute atomic E-state index is 12.5. The van der Waals surface area contributed by atoms with Crippen LogP contribution in [0.25, 0.3) is 6.08 Å². The van der Waals surface area contributed by atoms with Gasteiger partial charge >= 0.3 is 0 Å². The molecule has 0 saturated carbocycles. The molecule has 0 bridgehead atoms. The highest BCUT2D eigenvalue weighted by Gasteiger charge is 2.23. The van der Waals surface area contributed by atoms with Gasteiger partial charge in [-0.3, -0.25) is 4.79 Å². The van der Waals surface area contributed by atoms with Gasteiger partial charge in [-0.1, -0.05) is 18.2 Å². The van der Waals surface area contributed by atoms with E-state index in [0.29, 0.717) is 0 Å². The van der Waals surface area contributed by atoms with Gasteiger partial charge in [0.05, 0.1) is 0 Å². The number of hydrogen-bond donors (Lipinski definition) is 0. The summed E-state index contributed by atoms with van der Waals surface area (Å²) in [7, 11) is 0. The fourth-order valence-electron chi connectivity index (χ4n) is 3.00. The number of carbonyl (C=O) groups is 1. The van der Waals surface area contributed by atoms with Gasteiger partial charge in [0.25, 0.3) is 5.91 Å². The summed E-state index contributed by atoms with van der Waals surface area (Å²) in [5.41, 5.74) is 2.01. The van der Waals surface area contributed by atoms with E-state index in [1.54, 1.807) is 11.0 Å². The van der Waals surface area contributed by atoms with Crippen LogP contribution in [0, 0.1) is 11.3 Å². The van der Waals surface area contributed by atoms with Crippen LogP contribution in [0.3, 0.4) is 0 Å². The Balaban J connectivity index is 1.87. The number of fused-ring (bicyclic) bond motifs is 1. The number of amides is 1. The third-order valence-corrected chi connectivity index (χ3v) is 4.32. The molecule has 1 fully saturated rings. The molecule has 1 aromatic rings. The molecule has 0 N–H and O–H groups in total. The lowest BCUT2D eigenvalue weighted by Crippen LogP contribution is -2.36. The van der Waals surface area contributed by atoms with E-state index >= 15 is 0 Å². The molecule has 23 heavy (non-hydrogen) atoms. The predicted molar refractivity (Wildman–Crippen MR) is 88.6 cm³/mol. The molecule has 2 aliphatic rings. The van der Waals surface area contributed by atoms with Crippen molar-refractivity contribution in [2.45, 2.75) is 32.3 Å². The number of nitrogens with zero attached hydrogens (tertiary/aromatic N) is 2. The number of piperidine rings is 1. The summed E-state index contributed by atoms with van der Waals surface area (Å²) in [6.07, 6.45) is 6.67. The van der Waals surface area contributed by atoms with Crippen LogP contribution in [0.2, 0.25) is 0 Å². The summed E-state index contributed by atoms with van der Waals surface area (Å²) in [4.78, 5) is 14.3. The second kappa shape index (κ2) is 6.70. The molecule has 1 aromatic carbocycles. The Morgan fingerprint density at radius 3 is 2.78 bits per heavy atom. The van der Waals surface area contributed by atoms with Crippen LogP contribution in [-0.4, -0.2) is 30.0 Å². The molecule has 2 heterocycles. The first-order valence-electron chi connectivity index (χ1n) is 8.07. The predicted octanol–water partition coefficient (Wildman–Crippen LogP) is 3.31. The second-order valence-corrected chi connectivity index (χ2v) is 5.96. The van der Waals surface area contributed by atoms with Crippen LogP contribution in [0.5, 0.6) is 5.75 Å². The quantitative estimate of drug-likeness (QED) is 0.622. The van der Waals surface area contributed by atoms with Crippen molar-refractivity contribution in [3.8, 4) is 11.8 Å². The number of hydrogen-bond acceptors (Lipinski definition) is 3. The summed E-state index contributed by atoms with van der Waals surface area (Å²) in [5, 5.41) is 9.41. The molecule has 118 valence electrons. The molecule has 0 radical (unpaired) electrons. The minimum Gasteiger partial charge on any atom is -0.485 e. The summed E-state index contributed by atoms with van der Waals surface area (Å²) >= 11 is 0. The van der Waals surface area contributed by atoms with Crippen molar-refractivity contribution in [3.05, 3.63) is 47.1 Å². The fourth-order valence-corrected chi connectivity index (χ4v) is 3.00. The molecular weight excluding hydrogens is 288 g/mol. The van der Waals surface area contributed by atoms with Gasteiger partial charge in [-0.05, 0) is 50.0 Å². The highest BCUT2D eigenvalue weighted by molar-refractivity contribution is 5.98. The zero-order chi connectivity index (χ0) is 16.2. The van der Waals surface area contributed by atoms with Crippen molar-refractivity contribution in [2.24, 2.45) is 0 Å².